The molecule has 0 atom stereocenters. The van der Waals surface area contributed by atoms with Crippen LogP contribution in [0.2, 0.25) is 0 Å². The van der Waals surface area contributed by atoms with E-state index in [0.717, 1.165) is 0 Å². The fourth-order valence-corrected chi connectivity index (χ4v) is 2.49. The van der Waals surface area contributed by atoms with Gasteiger partial charge in [0.25, 0.3) is 0 Å². The van der Waals surface area contributed by atoms with Crippen LogP contribution in [0.4, 0.5) is 0 Å². The molecule has 3 aromatic rings. The van der Waals surface area contributed by atoms with Gasteiger partial charge in [-0.1, -0.05) is 11.8 Å². The first-order chi connectivity index (χ1) is 9.20. The summed E-state index contributed by atoms with van der Waals surface area (Å²) in [4.78, 5) is 18.8. The number of aromatic nitrogens is 6. The topological polar surface area (TPSA) is 88.8 Å². The van der Waals surface area contributed by atoms with Crippen molar-refractivity contribution in [2.75, 3.05) is 6.26 Å². The molecule has 9 heteroatoms. The van der Waals surface area contributed by atoms with Crippen molar-refractivity contribution < 1.29 is 0 Å². The molecule has 0 fully saturated rings. The fraction of sp³-hybridized carbons (Fsp3) is 0.100. The molecule has 0 aromatic carbocycles. The van der Waals surface area contributed by atoms with Crippen LogP contribution < -0.4 is 5.69 Å². The average Bonchev–Trinajstić information content (AvgIpc) is 2.78. The van der Waals surface area contributed by atoms with Gasteiger partial charge >= 0.3 is 5.69 Å². The van der Waals surface area contributed by atoms with E-state index in [2.05, 4.69) is 41.2 Å². The number of hydrogen-bond donors (Lipinski definition) is 1. The van der Waals surface area contributed by atoms with E-state index in [4.69, 9.17) is 0 Å². The number of nitrogens with one attached hydrogen (secondary N) is 1. The minimum atomic E-state index is -0.342. The van der Waals surface area contributed by atoms with Crippen molar-refractivity contribution >= 4 is 33.3 Å². The zero-order chi connectivity index (χ0) is 13.4. The van der Waals surface area contributed by atoms with E-state index in [9.17, 15) is 4.79 Å². The van der Waals surface area contributed by atoms with Crippen LogP contribution in [0, 0.1) is 0 Å². The van der Waals surface area contributed by atoms with E-state index in [-0.39, 0.29) is 5.69 Å². The van der Waals surface area contributed by atoms with Crippen LogP contribution in [-0.2, 0) is 0 Å². The Bertz CT molecular complexity index is 799. The molecular weight excluding hydrogens is 332 g/mol. The monoisotopic (exact) mass is 338 g/mol. The highest BCUT2D eigenvalue weighted by molar-refractivity contribution is 9.10. The number of aromatic amines is 1. The van der Waals surface area contributed by atoms with Gasteiger partial charge in [0.1, 0.15) is 11.4 Å². The van der Waals surface area contributed by atoms with Crippen LogP contribution in [0.25, 0.3) is 17.0 Å². The molecule has 0 aliphatic rings. The molecule has 0 radical (unpaired) electrons. The number of thioether (sulfide) groups is 1. The number of nitrogens with zero attached hydrogens (tertiary/aromatic N) is 5. The van der Waals surface area contributed by atoms with Crippen LogP contribution in [0.15, 0.2) is 32.8 Å². The Morgan fingerprint density at radius 2 is 2.32 bits per heavy atom. The van der Waals surface area contributed by atoms with E-state index < -0.39 is 0 Å². The lowest BCUT2D eigenvalue weighted by Crippen LogP contribution is -2.19. The Hall–Kier alpha value is -1.74. The third kappa shape index (κ3) is 2.04. The maximum Gasteiger partial charge on any atom is 0.350 e. The highest BCUT2D eigenvalue weighted by atomic mass is 79.9. The van der Waals surface area contributed by atoms with Crippen LogP contribution in [0.1, 0.15) is 0 Å². The number of halogens is 1. The van der Waals surface area contributed by atoms with Gasteiger partial charge < -0.3 is 0 Å². The van der Waals surface area contributed by atoms with Gasteiger partial charge in [-0.15, -0.1) is 5.10 Å². The lowest BCUT2D eigenvalue weighted by Gasteiger charge is -1.95. The zero-order valence-electron chi connectivity index (χ0n) is 9.66. The molecule has 0 unspecified atom stereocenters. The summed E-state index contributed by atoms with van der Waals surface area (Å²) in [6, 6.07) is 3.52. The van der Waals surface area contributed by atoms with Crippen molar-refractivity contribution in [3.63, 3.8) is 0 Å². The van der Waals surface area contributed by atoms with Crippen molar-refractivity contribution in [2.24, 2.45) is 0 Å². The first-order valence-electron chi connectivity index (χ1n) is 5.21. The van der Waals surface area contributed by atoms with Crippen molar-refractivity contribution in [1.29, 1.82) is 0 Å². The molecule has 19 heavy (non-hydrogen) atoms. The van der Waals surface area contributed by atoms with Crippen LogP contribution >= 0.6 is 27.7 Å². The smallest absolute Gasteiger partial charge is 0.285 e. The molecule has 3 rings (SSSR count). The van der Waals surface area contributed by atoms with E-state index >= 15 is 0 Å². The molecule has 0 saturated heterocycles. The second-order valence-corrected chi connectivity index (χ2v) is 5.15. The molecule has 0 bridgehead atoms. The summed E-state index contributed by atoms with van der Waals surface area (Å²) in [5, 5.41) is 12.5. The lowest BCUT2D eigenvalue weighted by molar-refractivity contribution is 0.787. The Kier molecular flexibility index (Phi) is 3.07. The number of hydrogen-bond acceptors (Lipinski definition) is 6. The fourth-order valence-electron chi connectivity index (χ4n) is 1.58. The molecule has 0 saturated carbocycles. The Labute approximate surface area is 119 Å². The van der Waals surface area contributed by atoms with E-state index in [1.807, 2.05) is 6.26 Å². The van der Waals surface area contributed by atoms with Crippen LogP contribution in [0.3, 0.4) is 0 Å². The molecule has 96 valence electrons. The number of H-pyrrole nitrogens is 1. The van der Waals surface area contributed by atoms with Gasteiger partial charge in [-0.3, -0.25) is 4.98 Å². The Balaban J connectivity index is 2.32. The third-order valence-electron chi connectivity index (χ3n) is 2.43. The molecule has 1 N–H and O–H groups in total. The number of fused-ring (bicyclic) bond motifs is 1. The van der Waals surface area contributed by atoms with E-state index in [0.29, 0.717) is 26.7 Å². The molecule has 0 aliphatic carbocycles. The van der Waals surface area contributed by atoms with Crippen molar-refractivity contribution in [1.82, 2.24) is 29.8 Å². The molecular formula is C10H7BrN6OS. The van der Waals surface area contributed by atoms with Crippen molar-refractivity contribution in [3.05, 3.63) is 33.3 Å². The Morgan fingerprint density at radius 3 is 3.00 bits per heavy atom. The molecule has 3 heterocycles. The maximum absolute atomic E-state index is 11.9. The molecule has 7 nitrogen and oxygen atoms in total. The molecule has 3 aromatic heterocycles. The van der Waals surface area contributed by atoms with Crippen molar-refractivity contribution in [3.8, 4) is 11.4 Å². The van der Waals surface area contributed by atoms with Gasteiger partial charge in [-0.2, -0.15) is 14.7 Å². The summed E-state index contributed by atoms with van der Waals surface area (Å²) in [7, 11) is 0. The quantitative estimate of drug-likeness (QED) is 0.709. The van der Waals surface area contributed by atoms with Gasteiger partial charge in [-0.05, 0) is 34.3 Å². The second kappa shape index (κ2) is 4.74. The minimum absolute atomic E-state index is 0.342. The lowest BCUT2D eigenvalue weighted by atomic mass is 10.3. The maximum atomic E-state index is 11.9. The van der Waals surface area contributed by atoms with E-state index in [1.165, 1.54) is 16.3 Å². The number of rotatable bonds is 2. The van der Waals surface area contributed by atoms with Gasteiger partial charge in [0.15, 0.2) is 10.8 Å². The van der Waals surface area contributed by atoms with Crippen LogP contribution in [-0.4, -0.2) is 36.0 Å². The molecule has 0 aliphatic heterocycles. The summed E-state index contributed by atoms with van der Waals surface area (Å²) >= 11 is 4.77. The summed E-state index contributed by atoms with van der Waals surface area (Å²) in [5.41, 5.74) is 1.22. The first-order valence-corrected chi connectivity index (χ1v) is 7.23. The standard InChI is InChI=1S/C10H7BrN6OS/c1-19-9-13-8-6(11)7(5-3-2-4-12-15-5)16-17(8)10(18)14-9/h2-4H,1H3,(H,13,14,18). The predicted molar refractivity (Wildman–Crippen MR) is 74.1 cm³/mol. The van der Waals surface area contributed by atoms with Gasteiger partial charge in [0, 0.05) is 6.20 Å². The average molecular weight is 339 g/mol. The minimum Gasteiger partial charge on any atom is -0.285 e. The summed E-state index contributed by atoms with van der Waals surface area (Å²) < 4.78 is 1.82. The Morgan fingerprint density at radius 1 is 1.47 bits per heavy atom. The summed E-state index contributed by atoms with van der Waals surface area (Å²) in [6.07, 6.45) is 3.41. The largest absolute Gasteiger partial charge is 0.350 e. The normalized spacial score (nSPS) is 11.1. The van der Waals surface area contributed by atoms with Crippen LogP contribution in [0.5, 0.6) is 0 Å². The molecule has 0 spiro atoms. The van der Waals surface area contributed by atoms with Gasteiger partial charge in [-0.25, -0.2) is 9.78 Å². The van der Waals surface area contributed by atoms with Gasteiger partial charge in [0.05, 0.1) is 4.47 Å². The van der Waals surface area contributed by atoms with Gasteiger partial charge in [0.2, 0.25) is 0 Å². The SMILES string of the molecule is CSc1nc2c(Br)c(-c3cccnn3)nn2c(=O)[nH]1. The van der Waals surface area contributed by atoms with Crippen molar-refractivity contribution in [2.45, 2.75) is 5.16 Å². The zero-order valence-corrected chi connectivity index (χ0v) is 12.1. The highest BCUT2D eigenvalue weighted by Crippen LogP contribution is 2.28. The first kappa shape index (κ1) is 12.3. The van der Waals surface area contributed by atoms with E-state index in [1.54, 1.807) is 18.3 Å². The second-order valence-electron chi connectivity index (χ2n) is 3.56. The predicted octanol–water partition coefficient (Wildman–Crippen LogP) is 1.36. The summed E-state index contributed by atoms with van der Waals surface area (Å²) in [6.45, 7) is 0. The third-order valence-corrected chi connectivity index (χ3v) is 3.74. The summed E-state index contributed by atoms with van der Waals surface area (Å²) in [5.74, 6) is 0. The molecule has 0 amide bonds. The highest BCUT2D eigenvalue weighted by Gasteiger charge is 2.17.